The van der Waals surface area contributed by atoms with Crippen molar-refractivity contribution < 1.29 is 0 Å². The monoisotopic (exact) mass is 364 g/mol. The van der Waals surface area contributed by atoms with Gasteiger partial charge in [0.15, 0.2) is 0 Å². The van der Waals surface area contributed by atoms with Crippen LogP contribution in [-0.4, -0.2) is 13.1 Å². The van der Waals surface area contributed by atoms with Gasteiger partial charge in [0.2, 0.25) is 0 Å². The van der Waals surface area contributed by atoms with Crippen LogP contribution in [0.3, 0.4) is 0 Å². The number of thiophene rings is 1. The van der Waals surface area contributed by atoms with Crippen LogP contribution in [0.25, 0.3) is 0 Å². The minimum Gasteiger partial charge on any atom is -0.363 e. The lowest BCUT2D eigenvalue weighted by atomic mass is 10.1. The Morgan fingerprint density at radius 3 is 2.76 bits per heavy atom. The van der Waals surface area contributed by atoms with Crippen molar-refractivity contribution in [3.63, 3.8) is 0 Å². The summed E-state index contributed by atoms with van der Waals surface area (Å²) in [7, 11) is 2.00. The second-order valence-corrected chi connectivity index (χ2v) is 7.54. The predicted molar refractivity (Wildman–Crippen MR) is 95.1 cm³/mol. The van der Waals surface area contributed by atoms with Crippen molar-refractivity contribution in [3.05, 3.63) is 50.6 Å². The maximum atomic E-state index is 3.74. The lowest BCUT2D eigenvalue weighted by Gasteiger charge is -2.25. The van der Waals surface area contributed by atoms with E-state index in [-0.39, 0.29) is 0 Å². The highest BCUT2D eigenvalue weighted by molar-refractivity contribution is 9.10. The van der Waals surface area contributed by atoms with Crippen molar-refractivity contribution in [1.82, 2.24) is 5.32 Å². The third kappa shape index (κ3) is 3.50. The summed E-state index contributed by atoms with van der Waals surface area (Å²) in [6, 6.07) is 12.2. The van der Waals surface area contributed by atoms with Gasteiger partial charge in [-0.2, -0.15) is 0 Å². The molecule has 1 saturated carbocycles. The van der Waals surface area contributed by atoms with Gasteiger partial charge in [0.25, 0.3) is 0 Å². The molecule has 0 spiro atoms. The fourth-order valence-corrected chi connectivity index (χ4v) is 4.00. The van der Waals surface area contributed by atoms with E-state index in [4.69, 9.17) is 0 Å². The van der Waals surface area contributed by atoms with E-state index in [2.05, 4.69) is 68.8 Å². The molecule has 0 radical (unpaired) electrons. The van der Waals surface area contributed by atoms with Crippen molar-refractivity contribution in [2.24, 2.45) is 0 Å². The zero-order valence-electron chi connectivity index (χ0n) is 12.5. The van der Waals surface area contributed by atoms with Gasteiger partial charge in [-0.05, 0) is 56.0 Å². The van der Waals surface area contributed by atoms with Gasteiger partial charge in [0.1, 0.15) is 0 Å². The first-order valence-electron chi connectivity index (χ1n) is 7.44. The highest BCUT2D eigenvalue weighted by Crippen LogP contribution is 2.36. The average molecular weight is 365 g/mol. The molecule has 1 unspecified atom stereocenters. The molecule has 112 valence electrons. The van der Waals surface area contributed by atoms with Crippen molar-refractivity contribution in [3.8, 4) is 0 Å². The van der Waals surface area contributed by atoms with Crippen LogP contribution in [0, 0.1) is 0 Å². The summed E-state index contributed by atoms with van der Waals surface area (Å²) >= 11 is 5.58. The number of hydrogen-bond donors (Lipinski definition) is 1. The van der Waals surface area contributed by atoms with Crippen LogP contribution in [0.4, 0.5) is 5.69 Å². The Hall–Kier alpha value is -0.840. The van der Waals surface area contributed by atoms with Crippen molar-refractivity contribution >= 4 is 33.0 Å². The molecular weight excluding hydrogens is 344 g/mol. The molecule has 1 heterocycles. The Balaban J connectivity index is 1.84. The molecule has 4 heteroatoms. The molecule has 0 amide bonds. The molecule has 0 bridgehead atoms. The summed E-state index contributed by atoms with van der Waals surface area (Å²) in [5.41, 5.74) is 2.64. The van der Waals surface area contributed by atoms with Crippen LogP contribution >= 0.6 is 27.3 Å². The number of halogens is 1. The summed E-state index contributed by atoms with van der Waals surface area (Å²) in [6.07, 6.45) is 2.63. The lowest BCUT2D eigenvalue weighted by Crippen LogP contribution is -2.24. The first kappa shape index (κ1) is 15.1. The first-order valence-corrected chi connectivity index (χ1v) is 9.12. The standard InChI is InChI=1S/C17H21BrN2S/c1-12(19-2)16-8-7-14(10-17(16)18)20(13-5-6-13)11-15-4-3-9-21-15/h3-4,7-10,12-13,19H,5-6,11H2,1-2H3. The van der Waals surface area contributed by atoms with Gasteiger partial charge in [-0.3, -0.25) is 0 Å². The Labute approximate surface area is 139 Å². The molecule has 1 N–H and O–H groups in total. The highest BCUT2D eigenvalue weighted by Gasteiger charge is 2.29. The predicted octanol–water partition coefficient (Wildman–Crippen LogP) is 4.96. The van der Waals surface area contributed by atoms with Crippen LogP contribution in [0.2, 0.25) is 0 Å². The van der Waals surface area contributed by atoms with Gasteiger partial charge in [-0.15, -0.1) is 11.3 Å². The molecule has 2 nitrogen and oxygen atoms in total. The average Bonchev–Trinajstić information content (AvgIpc) is 3.20. The van der Waals surface area contributed by atoms with Crippen molar-refractivity contribution in [2.75, 3.05) is 11.9 Å². The van der Waals surface area contributed by atoms with E-state index in [1.165, 1.54) is 33.4 Å². The Morgan fingerprint density at radius 2 is 2.19 bits per heavy atom. The van der Waals surface area contributed by atoms with Gasteiger partial charge in [-0.1, -0.05) is 28.1 Å². The van der Waals surface area contributed by atoms with Gasteiger partial charge in [0.05, 0.1) is 6.54 Å². The molecule has 1 fully saturated rings. The van der Waals surface area contributed by atoms with E-state index in [1.807, 2.05) is 18.4 Å². The summed E-state index contributed by atoms with van der Waals surface area (Å²) < 4.78 is 1.19. The van der Waals surface area contributed by atoms with Gasteiger partial charge in [0, 0.05) is 27.1 Å². The molecule has 1 aromatic heterocycles. The van der Waals surface area contributed by atoms with Gasteiger partial charge >= 0.3 is 0 Å². The van der Waals surface area contributed by atoms with Crippen molar-refractivity contribution in [1.29, 1.82) is 0 Å². The maximum Gasteiger partial charge on any atom is 0.0525 e. The summed E-state index contributed by atoms with van der Waals surface area (Å²) in [4.78, 5) is 3.98. The minimum atomic E-state index is 0.361. The molecule has 1 aliphatic rings. The van der Waals surface area contributed by atoms with Crippen LogP contribution in [0.15, 0.2) is 40.2 Å². The number of nitrogens with one attached hydrogen (secondary N) is 1. The Kier molecular flexibility index (Phi) is 4.67. The van der Waals surface area contributed by atoms with E-state index in [0.29, 0.717) is 12.1 Å². The number of anilines is 1. The summed E-state index contributed by atoms with van der Waals surface area (Å²) in [6.45, 7) is 3.21. The Bertz CT molecular complexity index is 593. The molecular formula is C17H21BrN2S. The van der Waals surface area contributed by atoms with Crippen LogP contribution in [-0.2, 0) is 6.54 Å². The minimum absolute atomic E-state index is 0.361. The SMILES string of the molecule is CNC(C)c1ccc(N(Cc2cccs2)C2CC2)cc1Br. The maximum absolute atomic E-state index is 3.74. The normalized spacial score (nSPS) is 16.0. The molecule has 2 aromatic rings. The number of nitrogens with zero attached hydrogens (tertiary/aromatic N) is 1. The first-order chi connectivity index (χ1) is 10.2. The van der Waals surface area contributed by atoms with Gasteiger partial charge in [-0.25, -0.2) is 0 Å². The summed E-state index contributed by atoms with van der Waals surface area (Å²) in [5.74, 6) is 0. The number of benzene rings is 1. The topological polar surface area (TPSA) is 15.3 Å². The molecule has 1 aromatic carbocycles. The van der Waals surface area contributed by atoms with E-state index < -0.39 is 0 Å². The smallest absolute Gasteiger partial charge is 0.0525 e. The van der Waals surface area contributed by atoms with Crippen LogP contribution in [0.1, 0.15) is 36.2 Å². The quantitative estimate of drug-likeness (QED) is 0.778. The van der Waals surface area contributed by atoms with E-state index >= 15 is 0 Å². The molecule has 1 atom stereocenters. The second-order valence-electron chi connectivity index (χ2n) is 5.65. The number of rotatable bonds is 6. The molecule has 0 aliphatic heterocycles. The zero-order chi connectivity index (χ0) is 14.8. The number of hydrogen-bond acceptors (Lipinski definition) is 3. The third-order valence-corrected chi connectivity index (χ3v) is 5.66. The lowest BCUT2D eigenvalue weighted by molar-refractivity contribution is 0.649. The second kappa shape index (κ2) is 6.51. The molecule has 21 heavy (non-hydrogen) atoms. The van der Waals surface area contributed by atoms with Crippen LogP contribution < -0.4 is 10.2 Å². The molecule has 1 aliphatic carbocycles. The fraction of sp³-hybridized carbons (Fsp3) is 0.412. The fourth-order valence-electron chi connectivity index (χ4n) is 2.59. The third-order valence-electron chi connectivity index (χ3n) is 4.11. The van der Waals surface area contributed by atoms with E-state index in [0.717, 1.165) is 6.54 Å². The summed E-state index contributed by atoms with van der Waals surface area (Å²) in [5, 5.41) is 5.46. The largest absolute Gasteiger partial charge is 0.363 e. The van der Waals surface area contributed by atoms with Crippen LogP contribution in [0.5, 0.6) is 0 Å². The van der Waals surface area contributed by atoms with Gasteiger partial charge < -0.3 is 10.2 Å². The molecule has 0 saturated heterocycles. The van der Waals surface area contributed by atoms with E-state index in [1.54, 1.807) is 0 Å². The Morgan fingerprint density at radius 1 is 1.38 bits per heavy atom. The highest BCUT2D eigenvalue weighted by atomic mass is 79.9. The van der Waals surface area contributed by atoms with Crippen molar-refractivity contribution in [2.45, 2.75) is 38.4 Å². The molecule has 3 rings (SSSR count). The van der Waals surface area contributed by atoms with E-state index in [9.17, 15) is 0 Å². The zero-order valence-corrected chi connectivity index (χ0v) is 14.9.